The second-order valence-electron chi connectivity index (χ2n) is 2.94. The number of nitrogens with two attached hydrogens (primary N) is 1. The van der Waals surface area contributed by atoms with E-state index in [4.69, 9.17) is 29.6 Å². The van der Waals surface area contributed by atoms with Crippen molar-refractivity contribution in [1.82, 2.24) is 14.5 Å². The van der Waals surface area contributed by atoms with Gasteiger partial charge >= 0.3 is 0 Å². The number of aromatic nitrogens is 3. The molecule has 2 aromatic heterocycles. The first-order chi connectivity index (χ1) is 7.59. The molecule has 0 aliphatic heterocycles. The fraction of sp³-hybridized carbons (Fsp3) is 0. The lowest BCUT2D eigenvalue weighted by molar-refractivity contribution is 0.976. The van der Waals surface area contributed by atoms with Crippen molar-refractivity contribution >= 4 is 44.7 Å². The van der Waals surface area contributed by atoms with Crippen molar-refractivity contribution in [3.05, 3.63) is 40.0 Å². The zero-order valence-electron chi connectivity index (χ0n) is 7.89. The minimum Gasteiger partial charge on any atom is -0.387 e. The molecule has 4 nitrogen and oxygen atoms in total. The summed E-state index contributed by atoms with van der Waals surface area (Å²) in [5.41, 5.74) is 5.54. The summed E-state index contributed by atoms with van der Waals surface area (Å²) in [6.07, 6.45) is 4.94. The summed E-state index contributed by atoms with van der Waals surface area (Å²) in [6.45, 7) is 0. The van der Waals surface area contributed by atoms with Crippen LogP contribution in [0.5, 0.6) is 0 Å². The van der Waals surface area contributed by atoms with Crippen LogP contribution in [0.15, 0.2) is 29.1 Å². The van der Waals surface area contributed by atoms with E-state index in [1.54, 1.807) is 29.2 Å². The number of imidazole rings is 1. The van der Waals surface area contributed by atoms with Crippen LogP contribution in [0.2, 0.25) is 5.02 Å². The van der Waals surface area contributed by atoms with Gasteiger partial charge in [-0.2, -0.15) is 0 Å². The quantitative estimate of drug-likeness (QED) is 0.864. The number of nitrogens with zero attached hydrogens (tertiary/aromatic N) is 3. The van der Waals surface area contributed by atoms with Gasteiger partial charge in [-0.3, -0.25) is 4.57 Å². The Labute approximate surface area is 111 Å². The summed E-state index contributed by atoms with van der Waals surface area (Å²) in [5.74, 6) is 1.01. The van der Waals surface area contributed by atoms with Crippen LogP contribution >= 0.6 is 39.7 Å². The third-order valence-corrected chi connectivity index (χ3v) is 2.77. The van der Waals surface area contributed by atoms with Crippen molar-refractivity contribution in [3.63, 3.8) is 0 Å². The maximum atomic E-state index is 6.07. The summed E-state index contributed by atoms with van der Waals surface area (Å²) in [6, 6.07) is 1.74. The van der Waals surface area contributed by atoms with Crippen LogP contribution in [0, 0.1) is 0 Å². The predicted molar refractivity (Wildman–Crippen MR) is 70.0 cm³/mol. The van der Waals surface area contributed by atoms with E-state index in [0.717, 1.165) is 4.47 Å². The minimum atomic E-state index is 0.200. The van der Waals surface area contributed by atoms with Gasteiger partial charge in [0, 0.05) is 23.1 Å². The van der Waals surface area contributed by atoms with Crippen LogP contribution in [0.1, 0.15) is 5.82 Å². The van der Waals surface area contributed by atoms with Gasteiger partial charge in [0.25, 0.3) is 0 Å². The first kappa shape index (κ1) is 11.5. The average molecular weight is 318 g/mol. The zero-order valence-corrected chi connectivity index (χ0v) is 11.1. The molecule has 0 spiro atoms. The van der Waals surface area contributed by atoms with E-state index in [1.165, 1.54) is 0 Å². The van der Waals surface area contributed by atoms with Gasteiger partial charge in [0.05, 0.1) is 5.02 Å². The molecule has 2 N–H and O–H groups in total. The monoisotopic (exact) mass is 316 g/mol. The van der Waals surface area contributed by atoms with Gasteiger partial charge in [-0.15, -0.1) is 0 Å². The largest absolute Gasteiger partial charge is 0.387 e. The zero-order chi connectivity index (χ0) is 11.7. The number of hydrogen-bond donors (Lipinski definition) is 1. The molecule has 2 aromatic rings. The highest BCUT2D eigenvalue weighted by atomic mass is 79.9. The van der Waals surface area contributed by atoms with Gasteiger partial charge in [0.15, 0.2) is 11.6 Å². The molecule has 0 saturated heterocycles. The molecule has 82 valence electrons. The van der Waals surface area contributed by atoms with Crippen LogP contribution in [0.3, 0.4) is 0 Å². The smallest absolute Gasteiger partial charge is 0.173 e. The molecular formula is C9H6BrClN4S. The molecule has 0 aliphatic carbocycles. The maximum Gasteiger partial charge on any atom is 0.173 e. The Kier molecular flexibility index (Phi) is 3.22. The van der Waals surface area contributed by atoms with E-state index in [-0.39, 0.29) is 4.99 Å². The first-order valence-corrected chi connectivity index (χ1v) is 5.82. The van der Waals surface area contributed by atoms with Gasteiger partial charge in [0.1, 0.15) is 4.99 Å². The standard InChI is InChI=1S/C9H6BrClN4S/c10-5-3-6(11)8(14-4-5)15-2-1-13-9(15)7(12)16/h1-4H,(H2,12,16). The van der Waals surface area contributed by atoms with E-state index < -0.39 is 0 Å². The lowest BCUT2D eigenvalue weighted by Gasteiger charge is -2.07. The average Bonchev–Trinajstić information content (AvgIpc) is 2.66. The summed E-state index contributed by atoms with van der Waals surface area (Å²) >= 11 is 14.2. The maximum absolute atomic E-state index is 6.07. The fourth-order valence-electron chi connectivity index (χ4n) is 1.24. The summed E-state index contributed by atoms with van der Waals surface area (Å²) < 4.78 is 2.45. The third kappa shape index (κ3) is 2.09. The lowest BCUT2D eigenvalue weighted by atomic mass is 10.4. The molecule has 0 unspecified atom stereocenters. The van der Waals surface area contributed by atoms with Crippen LogP contribution in [-0.2, 0) is 0 Å². The molecule has 0 radical (unpaired) electrons. The molecule has 2 rings (SSSR count). The highest BCUT2D eigenvalue weighted by Crippen LogP contribution is 2.22. The number of thiocarbonyl (C=S) groups is 1. The second-order valence-corrected chi connectivity index (χ2v) is 4.71. The Morgan fingerprint density at radius 2 is 2.25 bits per heavy atom. The SMILES string of the molecule is NC(=S)c1nccn1-c1ncc(Br)cc1Cl. The topological polar surface area (TPSA) is 56.7 Å². The number of hydrogen-bond acceptors (Lipinski definition) is 3. The van der Waals surface area contributed by atoms with Crippen LogP contribution < -0.4 is 5.73 Å². The highest BCUT2D eigenvalue weighted by Gasteiger charge is 2.11. The highest BCUT2D eigenvalue weighted by molar-refractivity contribution is 9.10. The van der Waals surface area contributed by atoms with Crippen LogP contribution in [-0.4, -0.2) is 19.5 Å². The van der Waals surface area contributed by atoms with Gasteiger partial charge in [-0.25, -0.2) is 9.97 Å². The number of halogens is 2. The van der Waals surface area contributed by atoms with Crippen molar-refractivity contribution in [2.45, 2.75) is 0 Å². The number of rotatable bonds is 2. The van der Waals surface area contributed by atoms with Gasteiger partial charge < -0.3 is 5.73 Å². The summed E-state index contributed by atoms with van der Waals surface area (Å²) in [7, 11) is 0. The van der Waals surface area contributed by atoms with Gasteiger partial charge in [-0.05, 0) is 22.0 Å². The van der Waals surface area contributed by atoms with Gasteiger partial charge in [-0.1, -0.05) is 23.8 Å². The number of pyridine rings is 1. The molecule has 0 aromatic carbocycles. The Balaban J connectivity index is 2.59. The molecule has 7 heteroatoms. The van der Waals surface area contributed by atoms with Crippen LogP contribution in [0.4, 0.5) is 0 Å². The normalized spacial score (nSPS) is 10.4. The summed E-state index contributed by atoms with van der Waals surface area (Å²) in [5, 5.41) is 0.491. The van der Waals surface area contributed by atoms with Crippen molar-refractivity contribution in [3.8, 4) is 5.82 Å². The van der Waals surface area contributed by atoms with Crippen molar-refractivity contribution in [2.75, 3.05) is 0 Å². The second kappa shape index (κ2) is 4.48. The minimum absolute atomic E-state index is 0.200. The van der Waals surface area contributed by atoms with E-state index >= 15 is 0 Å². The molecule has 0 amide bonds. The lowest BCUT2D eigenvalue weighted by Crippen LogP contribution is -2.16. The van der Waals surface area contributed by atoms with Crippen molar-refractivity contribution in [2.24, 2.45) is 5.73 Å². The molecule has 0 atom stereocenters. The molecule has 0 aliphatic rings. The predicted octanol–water partition coefficient (Wildman–Crippen LogP) is 2.32. The molecule has 0 bridgehead atoms. The Hall–Kier alpha value is -0.980. The molecule has 2 heterocycles. The Bertz CT molecular complexity index is 554. The molecular weight excluding hydrogens is 312 g/mol. The van der Waals surface area contributed by atoms with E-state index in [0.29, 0.717) is 16.7 Å². The van der Waals surface area contributed by atoms with Crippen molar-refractivity contribution in [1.29, 1.82) is 0 Å². The Morgan fingerprint density at radius 1 is 1.50 bits per heavy atom. The third-order valence-electron chi connectivity index (χ3n) is 1.88. The fourth-order valence-corrected chi connectivity index (χ4v) is 2.11. The summed E-state index contributed by atoms with van der Waals surface area (Å²) in [4.78, 5) is 8.43. The van der Waals surface area contributed by atoms with E-state index in [2.05, 4.69) is 25.9 Å². The molecule has 16 heavy (non-hydrogen) atoms. The molecule has 0 fully saturated rings. The molecule has 0 saturated carbocycles. The first-order valence-electron chi connectivity index (χ1n) is 4.24. The van der Waals surface area contributed by atoms with E-state index in [9.17, 15) is 0 Å². The van der Waals surface area contributed by atoms with Gasteiger partial charge in [0.2, 0.25) is 0 Å². The van der Waals surface area contributed by atoms with Crippen molar-refractivity contribution < 1.29 is 0 Å². The van der Waals surface area contributed by atoms with E-state index in [1.807, 2.05) is 0 Å². The Morgan fingerprint density at radius 3 is 2.88 bits per heavy atom. The van der Waals surface area contributed by atoms with Crippen LogP contribution in [0.25, 0.3) is 5.82 Å².